The van der Waals surface area contributed by atoms with Crippen LogP contribution in [-0.4, -0.2) is 22.8 Å². The van der Waals surface area contributed by atoms with Gasteiger partial charge in [0.2, 0.25) is 5.91 Å². The number of benzene rings is 2. The van der Waals surface area contributed by atoms with Crippen molar-refractivity contribution in [2.45, 2.75) is 32.9 Å². The summed E-state index contributed by atoms with van der Waals surface area (Å²) in [5.74, 6) is -2.10. The van der Waals surface area contributed by atoms with Gasteiger partial charge in [0.15, 0.2) is 0 Å². The normalized spacial score (nSPS) is 14.5. The van der Waals surface area contributed by atoms with Crippen LogP contribution in [0.2, 0.25) is 0 Å². The monoisotopic (exact) mass is 358 g/mol. The number of anilines is 1. The molecule has 0 saturated heterocycles. The van der Waals surface area contributed by atoms with Crippen molar-refractivity contribution in [1.82, 2.24) is 4.90 Å². The molecule has 1 aliphatic rings. The quantitative estimate of drug-likeness (QED) is 0.879. The summed E-state index contributed by atoms with van der Waals surface area (Å²) in [4.78, 5) is 27.0. The first-order chi connectivity index (χ1) is 12.4. The summed E-state index contributed by atoms with van der Waals surface area (Å²) in [5.41, 5.74) is 1.35. The summed E-state index contributed by atoms with van der Waals surface area (Å²) in [7, 11) is 0. The predicted octanol–water partition coefficient (Wildman–Crippen LogP) is 3.97. The average molecular weight is 358 g/mol. The summed E-state index contributed by atoms with van der Waals surface area (Å²) in [6.07, 6.45) is 0.439. The molecule has 0 saturated carbocycles. The van der Waals surface area contributed by atoms with E-state index in [4.69, 9.17) is 0 Å². The summed E-state index contributed by atoms with van der Waals surface area (Å²) in [6.45, 7) is 4.24. The van der Waals surface area contributed by atoms with Gasteiger partial charge in [-0.3, -0.25) is 9.59 Å². The van der Waals surface area contributed by atoms with Crippen LogP contribution in [0.1, 0.15) is 36.2 Å². The van der Waals surface area contributed by atoms with Gasteiger partial charge >= 0.3 is 0 Å². The van der Waals surface area contributed by atoms with E-state index in [1.165, 1.54) is 11.0 Å². The predicted molar refractivity (Wildman–Crippen MR) is 94.5 cm³/mol. The van der Waals surface area contributed by atoms with Crippen LogP contribution in [0.15, 0.2) is 42.5 Å². The summed E-state index contributed by atoms with van der Waals surface area (Å²) < 4.78 is 26.9. The second-order valence-electron chi connectivity index (χ2n) is 6.85. The van der Waals surface area contributed by atoms with Crippen molar-refractivity contribution in [3.63, 3.8) is 0 Å². The first-order valence-electron chi connectivity index (χ1n) is 8.51. The van der Waals surface area contributed by atoms with E-state index in [0.717, 1.165) is 11.6 Å². The fourth-order valence-electron chi connectivity index (χ4n) is 3.16. The Labute approximate surface area is 150 Å². The van der Waals surface area contributed by atoms with Crippen molar-refractivity contribution in [2.75, 3.05) is 5.32 Å². The van der Waals surface area contributed by atoms with Gasteiger partial charge < -0.3 is 10.2 Å². The molecule has 2 amide bonds. The highest BCUT2D eigenvalue weighted by Gasteiger charge is 2.36. The maximum absolute atomic E-state index is 13.9. The lowest BCUT2D eigenvalue weighted by atomic mass is 10.0. The van der Waals surface area contributed by atoms with Gasteiger partial charge in [-0.25, -0.2) is 8.78 Å². The molecule has 0 radical (unpaired) electrons. The summed E-state index contributed by atoms with van der Waals surface area (Å²) >= 11 is 0. The Kier molecular flexibility index (Phi) is 5.02. The van der Waals surface area contributed by atoms with E-state index < -0.39 is 23.6 Å². The van der Waals surface area contributed by atoms with Crippen molar-refractivity contribution >= 4 is 17.5 Å². The first-order valence-corrected chi connectivity index (χ1v) is 8.51. The van der Waals surface area contributed by atoms with Gasteiger partial charge in [0.1, 0.15) is 17.7 Å². The van der Waals surface area contributed by atoms with Gasteiger partial charge in [0.05, 0.1) is 5.69 Å². The molecule has 0 aliphatic carbocycles. The Morgan fingerprint density at radius 3 is 2.58 bits per heavy atom. The summed E-state index contributed by atoms with van der Waals surface area (Å²) in [5, 5.41) is 2.49. The number of fused-ring (bicyclic) bond motifs is 1. The molecule has 1 heterocycles. The Balaban J connectivity index is 1.84. The molecular weight excluding hydrogens is 338 g/mol. The number of nitrogens with one attached hydrogen (secondary N) is 1. The van der Waals surface area contributed by atoms with Crippen LogP contribution < -0.4 is 5.32 Å². The van der Waals surface area contributed by atoms with Crippen LogP contribution >= 0.6 is 0 Å². The SMILES string of the molecule is CC(C)C[C@@H](C(=O)Nc1ccc(F)cc1F)N1Cc2ccccc2C1=O. The van der Waals surface area contributed by atoms with Gasteiger partial charge in [-0.2, -0.15) is 0 Å². The molecule has 0 spiro atoms. The minimum Gasteiger partial charge on any atom is -0.322 e. The lowest BCUT2D eigenvalue weighted by Gasteiger charge is -2.28. The lowest BCUT2D eigenvalue weighted by molar-refractivity contribution is -0.121. The molecule has 0 fully saturated rings. The molecule has 1 N–H and O–H groups in total. The van der Waals surface area contributed by atoms with E-state index in [-0.39, 0.29) is 17.5 Å². The number of amides is 2. The number of halogens is 2. The highest BCUT2D eigenvalue weighted by Crippen LogP contribution is 2.27. The fourth-order valence-corrected chi connectivity index (χ4v) is 3.16. The average Bonchev–Trinajstić information content (AvgIpc) is 2.92. The Bertz CT molecular complexity index is 851. The van der Waals surface area contributed by atoms with E-state index >= 15 is 0 Å². The zero-order chi connectivity index (χ0) is 18.8. The molecule has 0 aromatic heterocycles. The molecule has 0 bridgehead atoms. The molecule has 1 atom stereocenters. The van der Waals surface area contributed by atoms with Gasteiger partial charge in [-0.15, -0.1) is 0 Å². The molecule has 2 aromatic rings. The molecule has 0 unspecified atom stereocenters. The second-order valence-corrected chi connectivity index (χ2v) is 6.85. The Morgan fingerprint density at radius 2 is 1.92 bits per heavy atom. The maximum atomic E-state index is 13.9. The minimum atomic E-state index is -0.849. The number of hydrogen-bond acceptors (Lipinski definition) is 2. The minimum absolute atomic E-state index is 0.102. The second kappa shape index (κ2) is 7.23. The Morgan fingerprint density at radius 1 is 1.19 bits per heavy atom. The van der Waals surface area contributed by atoms with Crippen molar-refractivity contribution in [3.8, 4) is 0 Å². The third kappa shape index (κ3) is 3.59. The van der Waals surface area contributed by atoms with Crippen LogP contribution in [0.25, 0.3) is 0 Å². The number of rotatable bonds is 5. The van der Waals surface area contributed by atoms with Gasteiger partial charge in [0.25, 0.3) is 5.91 Å². The van der Waals surface area contributed by atoms with Crippen LogP contribution in [0.3, 0.4) is 0 Å². The molecule has 136 valence electrons. The van der Waals surface area contributed by atoms with Crippen molar-refractivity contribution in [3.05, 3.63) is 65.2 Å². The van der Waals surface area contributed by atoms with Crippen LogP contribution in [0.4, 0.5) is 14.5 Å². The maximum Gasteiger partial charge on any atom is 0.255 e. The van der Waals surface area contributed by atoms with E-state index in [9.17, 15) is 18.4 Å². The number of carbonyl (C=O) groups excluding carboxylic acids is 2. The third-order valence-electron chi connectivity index (χ3n) is 4.41. The van der Waals surface area contributed by atoms with Crippen LogP contribution in [-0.2, 0) is 11.3 Å². The van der Waals surface area contributed by atoms with Crippen LogP contribution in [0.5, 0.6) is 0 Å². The molecular formula is C20H20F2N2O2. The van der Waals surface area contributed by atoms with Crippen molar-refractivity contribution in [2.24, 2.45) is 5.92 Å². The number of hydrogen-bond donors (Lipinski definition) is 1. The number of carbonyl (C=O) groups is 2. The molecule has 2 aromatic carbocycles. The largest absolute Gasteiger partial charge is 0.322 e. The van der Waals surface area contributed by atoms with E-state index in [1.807, 2.05) is 26.0 Å². The van der Waals surface area contributed by atoms with Gasteiger partial charge in [0, 0.05) is 18.2 Å². The number of nitrogens with zero attached hydrogens (tertiary/aromatic N) is 1. The standard InChI is InChI=1S/C20H20F2N2O2/c1-12(2)9-18(19(25)23-17-8-7-14(21)10-16(17)22)24-11-13-5-3-4-6-15(13)20(24)26/h3-8,10,12,18H,9,11H2,1-2H3,(H,23,25)/t18-/m0/s1. The topological polar surface area (TPSA) is 49.4 Å². The summed E-state index contributed by atoms with van der Waals surface area (Å²) in [6, 6.07) is 9.46. The van der Waals surface area contributed by atoms with Crippen molar-refractivity contribution in [1.29, 1.82) is 0 Å². The zero-order valence-electron chi connectivity index (χ0n) is 14.6. The fraction of sp³-hybridized carbons (Fsp3) is 0.300. The molecule has 4 nitrogen and oxygen atoms in total. The van der Waals surface area contributed by atoms with Gasteiger partial charge in [-0.1, -0.05) is 32.0 Å². The molecule has 6 heteroatoms. The molecule has 26 heavy (non-hydrogen) atoms. The van der Waals surface area contributed by atoms with Gasteiger partial charge in [-0.05, 0) is 36.1 Å². The smallest absolute Gasteiger partial charge is 0.255 e. The lowest BCUT2D eigenvalue weighted by Crippen LogP contribution is -2.45. The van der Waals surface area contributed by atoms with E-state index in [2.05, 4.69) is 5.32 Å². The molecule has 3 rings (SSSR count). The first kappa shape index (κ1) is 18.0. The third-order valence-corrected chi connectivity index (χ3v) is 4.41. The van der Waals surface area contributed by atoms with Crippen molar-refractivity contribution < 1.29 is 18.4 Å². The zero-order valence-corrected chi connectivity index (χ0v) is 14.6. The van der Waals surface area contributed by atoms with E-state index in [1.54, 1.807) is 12.1 Å². The van der Waals surface area contributed by atoms with E-state index in [0.29, 0.717) is 24.6 Å². The molecule has 1 aliphatic heterocycles. The Hall–Kier alpha value is -2.76. The highest BCUT2D eigenvalue weighted by molar-refractivity contribution is 6.03. The van der Waals surface area contributed by atoms with Crippen LogP contribution in [0, 0.1) is 17.6 Å². The highest BCUT2D eigenvalue weighted by atomic mass is 19.1.